The predicted molar refractivity (Wildman–Crippen MR) is 142 cm³/mol. The van der Waals surface area contributed by atoms with Crippen LogP contribution in [0.2, 0.25) is 5.02 Å². The molecule has 0 spiro atoms. The smallest absolute Gasteiger partial charge is 0.316 e. The Hall–Kier alpha value is -3.65. The van der Waals surface area contributed by atoms with Gasteiger partial charge in [0.05, 0.1) is 36.2 Å². The van der Waals surface area contributed by atoms with Crippen LogP contribution in [0.25, 0.3) is 0 Å². The van der Waals surface area contributed by atoms with Gasteiger partial charge in [-0.15, -0.1) is 0 Å². The molecule has 2 bridgehead atoms. The molecule has 0 unspecified atom stereocenters. The topological polar surface area (TPSA) is 93.2 Å². The molecule has 7 atom stereocenters. The minimum absolute atomic E-state index is 0.00345. The fraction of sp³-hybridized carbons (Fsp3) is 0.400. The van der Waals surface area contributed by atoms with E-state index in [1.54, 1.807) is 43.3 Å². The zero-order valence-electron chi connectivity index (χ0n) is 21.5. The second-order valence-corrected chi connectivity index (χ2v) is 11.7. The van der Waals surface area contributed by atoms with E-state index < -0.39 is 11.9 Å². The van der Waals surface area contributed by atoms with E-state index in [0.29, 0.717) is 45.3 Å². The van der Waals surface area contributed by atoms with Crippen molar-refractivity contribution in [3.63, 3.8) is 0 Å². The fourth-order valence-corrected chi connectivity index (χ4v) is 7.47. The number of hydrogen-bond acceptors (Lipinski definition) is 6. The van der Waals surface area contributed by atoms with Crippen molar-refractivity contribution in [1.82, 2.24) is 0 Å². The third kappa shape index (κ3) is 3.64. The van der Waals surface area contributed by atoms with Gasteiger partial charge in [0.2, 0.25) is 17.7 Å². The van der Waals surface area contributed by atoms with Crippen LogP contribution in [-0.2, 0) is 19.2 Å². The fourth-order valence-electron chi connectivity index (χ4n) is 7.31. The lowest BCUT2D eigenvalue weighted by Gasteiger charge is -2.37. The molecule has 0 N–H and O–H groups in total. The molecule has 2 aliphatic heterocycles. The Morgan fingerprint density at radius 2 is 1.64 bits per heavy atom. The number of ether oxygens (including phenoxy) is 2. The van der Waals surface area contributed by atoms with E-state index >= 15 is 0 Å². The monoisotopic (exact) mass is 546 g/mol. The van der Waals surface area contributed by atoms with Crippen LogP contribution < -0.4 is 19.3 Å². The van der Waals surface area contributed by atoms with Crippen molar-refractivity contribution in [2.75, 3.05) is 23.5 Å². The van der Waals surface area contributed by atoms with Crippen LogP contribution in [0.3, 0.4) is 0 Å². The Morgan fingerprint density at radius 1 is 0.949 bits per heavy atom. The molecular formula is C30H27ClN2O6. The van der Waals surface area contributed by atoms with Crippen molar-refractivity contribution >= 4 is 46.7 Å². The minimum atomic E-state index is -0.666. The van der Waals surface area contributed by atoms with E-state index in [0.717, 1.165) is 6.42 Å². The quantitative estimate of drug-likeness (QED) is 0.242. The molecule has 2 heterocycles. The molecule has 4 aliphatic carbocycles. The molecule has 2 aromatic carbocycles. The van der Waals surface area contributed by atoms with Gasteiger partial charge in [0.15, 0.2) is 0 Å². The van der Waals surface area contributed by atoms with Gasteiger partial charge in [-0.05, 0) is 79.0 Å². The van der Waals surface area contributed by atoms with E-state index in [9.17, 15) is 19.2 Å². The molecule has 8 nitrogen and oxygen atoms in total. The van der Waals surface area contributed by atoms with Crippen molar-refractivity contribution in [3.8, 4) is 11.5 Å². The number of aryl methyl sites for hydroxylation is 1. The van der Waals surface area contributed by atoms with Crippen molar-refractivity contribution in [2.45, 2.75) is 19.8 Å². The molecule has 200 valence electrons. The van der Waals surface area contributed by atoms with Crippen molar-refractivity contribution in [2.24, 2.45) is 41.4 Å². The first-order valence-corrected chi connectivity index (χ1v) is 13.7. The maximum Gasteiger partial charge on any atom is 0.316 e. The SMILES string of the molecule is COc1ccc(Cl)cc1N1C[C@H](C(=O)Oc2ccc(N3C(=O)[C@@H]4[C@H]5C=C[C@@H]([C@@H]6C[C@@H]56)[C@@H]4C3=O)c(C)c2)CC1=O. The van der Waals surface area contributed by atoms with Crippen LogP contribution in [0.1, 0.15) is 18.4 Å². The molecule has 6 aliphatic rings. The average Bonchev–Trinajstić information content (AvgIpc) is 3.60. The second kappa shape index (κ2) is 8.68. The summed E-state index contributed by atoms with van der Waals surface area (Å²) in [6, 6.07) is 9.91. The highest BCUT2D eigenvalue weighted by atomic mass is 35.5. The number of halogens is 1. The Morgan fingerprint density at radius 3 is 2.28 bits per heavy atom. The number of nitrogens with zero attached hydrogens (tertiary/aromatic N) is 2. The summed E-state index contributed by atoms with van der Waals surface area (Å²) in [4.78, 5) is 55.5. The second-order valence-electron chi connectivity index (χ2n) is 11.3. The number of benzene rings is 2. The summed E-state index contributed by atoms with van der Waals surface area (Å²) < 4.78 is 11.0. The average molecular weight is 547 g/mol. The predicted octanol–water partition coefficient (Wildman–Crippen LogP) is 4.17. The summed E-state index contributed by atoms with van der Waals surface area (Å²) in [7, 11) is 1.51. The zero-order valence-corrected chi connectivity index (χ0v) is 22.3. The van der Waals surface area contributed by atoms with Crippen LogP contribution in [0.5, 0.6) is 11.5 Å². The highest BCUT2D eigenvalue weighted by Gasteiger charge is 2.67. The first kappa shape index (κ1) is 24.4. The van der Waals surface area contributed by atoms with Gasteiger partial charge in [0.25, 0.3) is 0 Å². The molecule has 4 fully saturated rings. The number of esters is 1. The number of imide groups is 1. The molecule has 39 heavy (non-hydrogen) atoms. The van der Waals surface area contributed by atoms with Gasteiger partial charge in [0.1, 0.15) is 11.5 Å². The lowest BCUT2D eigenvalue weighted by Crippen LogP contribution is -2.40. The Bertz CT molecular complexity index is 1450. The third-order valence-corrected chi connectivity index (χ3v) is 9.42. The minimum Gasteiger partial charge on any atom is -0.495 e. The molecule has 2 saturated carbocycles. The number of amides is 3. The molecule has 2 saturated heterocycles. The number of rotatable bonds is 5. The maximum absolute atomic E-state index is 13.5. The number of anilines is 2. The molecule has 8 rings (SSSR count). The van der Waals surface area contributed by atoms with Gasteiger partial charge in [-0.1, -0.05) is 23.8 Å². The van der Waals surface area contributed by atoms with Gasteiger partial charge >= 0.3 is 5.97 Å². The largest absolute Gasteiger partial charge is 0.495 e. The van der Waals surface area contributed by atoms with E-state index in [-0.39, 0.29) is 54.4 Å². The van der Waals surface area contributed by atoms with Gasteiger partial charge in [-0.25, -0.2) is 4.90 Å². The highest BCUT2D eigenvalue weighted by molar-refractivity contribution is 6.31. The molecule has 2 aromatic rings. The summed E-state index contributed by atoms with van der Waals surface area (Å²) in [6.45, 7) is 1.94. The number of carbonyl (C=O) groups is 4. The lowest BCUT2D eigenvalue weighted by molar-refractivity contribution is -0.139. The molecule has 0 radical (unpaired) electrons. The Kier molecular flexibility index (Phi) is 5.43. The van der Waals surface area contributed by atoms with Crippen LogP contribution in [0, 0.1) is 48.3 Å². The standard InChI is InChI=1S/C30H27ClN2O6/c1-14-9-17(39-30(37)15-10-25(34)32(13-15)23-11-16(31)3-8-24(23)38-2)4-7-22(14)33-28(35)26-18-5-6-19(21-12-20(18)21)27(26)29(33)36/h3-9,11,15,18-21,26-27H,10,12-13H2,1-2H3/t15-,18+,19+,20+,21+,26-,27+/m1/s1. The molecule has 0 aromatic heterocycles. The summed E-state index contributed by atoms with van der Waals surface area (Å²) in [5, 5.41) is 0.454. The molecule has 9 heteroatoms. The summed E-state index contributed by atoms with van der Waals surface area (Å²) in [5.74, 6) is -0.0150. The summed E-state index contributed by atoms with van der Waals surface area (Å²) >= 11 is 6.13. The van der Waals surface area contributed by atoms with E-state index in [2.05, 4.69) is 12.2 Å². The van der Waals surface area contributed by atoms with Gasteiger partial charge in [-0.2, -0.15) is 0 Å². The number of carbonyl (C=O) groups excluding carboxylic acids is 4. The van der Waals surface area contributed by atoms with Crippen molar-refractivity contribution in [3.05, 3.63) is 59.1 Å². The van der Waals surface area contributed by atoms with Crippen molar-refractivity contribution < 1.29 is 28.7 Å². The normalized spacial score (nSPS) is 32.0. The maximum atomic E-state index is 13.5. The van der Waals surface area contributed by atoms with Crippen LogP contribution in [0.4, 0.5) is 11.4 Å². The number of methoxy groups -OCH3 is 1. The van der Waals surface area contributed by atoms with Gasteiger partial charge in [0, 0.05) is 18.0 Å². The van der Waals surface area contributed by atoms with E-state index in [4.69, 9.17) is 21.1 Å². The lowest BCUT2D eigenvalue weighted by atomic mass is 9.63. The van der Waals surface area contributed by atoms with Crippen molar-refractivity contribution in [1.29, 1.82) is 0 Å². The number of allylic oxidation sites excluding steroid dienone is 2. The van der Waals surface area contributed by atoms with Crippen LogP contribution >= 0.6 is 11.6 Å². The summed E-state index contributed by atoms with van der Waals surface area (Å²) in [6.07, 6.45) is 5.43. The molecule has 3 amide bonds. The van der Waals surface area contributed by atoms with Crippen LogP contribution in [0.15, 0.2) is 48.6 Å². The van der Waals surface area contributed by atoms with E-state index in [1.807, 2.05) is 0 Å². The third-order valence-electron chi connectivity index (χ3n) is 9.18. The van der Waals surface area contributed by atoms with Gasteiger partial charge < -0.3 is 14.4 Å². The Balaban J connectivity index is 1.07. The molecular weight excluding hydrogens is 520 g/mol. The van der Waals surface area contributed by atoms with Crippen LogP contribution in [-0.4, -0.2) is 37.3 Å². The highest BCUT2D eigenvalue weighted by Crippen LogP contribution is 2.65. The zero-order chi connectivity index (χ0) is 27.2. The van der Waals surface area contributed by atoms with Gasteiger partial charge in [-0.3, -0.25) is 19.2 Å². The number of hydrogen-bond donors (Lipinski definition) is 0. The first-order chi connectivity index (χ1) is 18.8. The Labute approximate surface area is 230 Å². The first-order valence-electron chi connectivity index (χ1n) is 13.3. The van der Waals surface area contributed by atoms with E-state index in [1.165, 1.54) is 16.9 Å². The summed E-state index contributed by atoms with van der Waals surface area (Å²) in [5.41, 5.74) is 1.70.